The van der Waals surface area contributed by atoms with E-state index in [2.05, 4.69) is 14.9 Å². The van der Waals surface area contributed by atoms with Crippen LogP contribution in [0.2, 0.25) is 0 Å². The zero-order valence-corrected chi connectivity index (χ0v) is 12.3. The molecule has 0 N–H and O–H groups in total. The summed E-state index contributed by atoms with van der Waals surface area (Å²) < 4.78 is 31.4. The molecule has 0 aliphatic carbocycles. The quantitative estimate of drug-likeness (QED) is 0.742. The predicted molar refractivity (Wildman–Crippen MR) is 78.6 cm³/mol. The van der Waals surface area contributed by atoms with E-state index in [0.717, 1.165) is 5.56 Å². The van der Waals surface area contributed by atoms with Gasteiger partial charge in [-0.25, -0.2) is 13.0 Å². The van der Waals surface area contributed by atoms with E-state index in [9.17, 15) is 8.42 Å². The zero-order chi connectivity index (χ0) is 15.0. The normalized spacial score (nSPS) is 11.7. The third kappa shape index (κ3) is 2.25. The molecule has 0 bridgehead atoms. The molecule has 0 aliphatic heterocycles. The second-order valence-electron chi connectivity index (χ2n) is 4.70. The molecular formula is C14H13N3O3S. The topological polar surface area (TPSA) is 76.3 Å². The molecule has 3 rings (SSSR count). The molecule has 0 atom stereocenters. The highest BCUT2D eigenvalue weighted by molar-refractivity contribution is 7.93. The Morgan fingerprint density at radius 2 is 1.86 bits per heavy atom. The van der Waals surface area contributed by atoms with Gasteiger partial charge in [-0.2, -0.15) is 0 Å². The van der Waals surface area contributed by atoms with Crippen LogP contribution in [0.1, 0.15) is 5.56 Å². The second-order valence-corrected chi connectivity index (χ2v) is 6.64. The summed E-state index contributed by atoms with van der Waals surface area (Å²) in [6.07, 6.45) is 0. The van der Waals surface area contributed by atoms with Crippen LogP contribution in [0.25, 0.3) is 11.0 Å². The van der Waals surface area contributed by atoms with Crippen molar-refractivity contribution in [2.75, 3.05) is 11.4 Å². The fourth-order valence-corrected chi connectivity index (χ4v) is 3.42. The Morgan fingerprint density at radius 1 is 1.10 bits per heavy atom. The Morgan fingerprint density at radius 3 is 2.62 bits per heavy atom. The smallest absolute Gasteiger partial charge is 0.266 e. The molecule has 6 nitrogen and oxygen atoms in total. The summed E-state index contributed by atoms with van der Waals surface area (Å²) in [5.41, 5.74) is 2.21. The van der Waals surface area contributed by atoms with Crippen LogP contribution in [0.15, 0.2) is 52.0 Å². The van der Waals surface area contributed by atoms with Crippen LogP contribution in [0.4, 0.5) is 5.69 Å². The van der Waals surface area contributed by atoms with Gasteiger partial charge >= 0.3 is 0 Å². The van der Waals surface area contributed by atoms with E-state index >= 15 is 0 Å². The minimum Gasteiger partial charge on any atom is -0.269 e. The molecule has 7 heteroatoms. The van der Waals surface area contributed by atoms with E-state index in [4.69, 9.17) is 0 Å². The molecule has 2 aromatic carbocycles. The summed E-state index contributed by atoms with van der Waals surface area (Å²) in [5.74, 6) is 0. The maximum absolute atomic E-state index is 12.8. The summed E-state index contributed by atoms with van der Waals surface area (Å²) in [4.78, 5) is 0.0743. The number of nitrogens with zero attached hydrogens (tertiary/aromatic N) is 3. The highest BCUT2D eigenvalue weighted by Crippen LogP contribution is 2.26. The molecule has 1 heterocycles. The number of benzene rings is 2. The van der Waals surface area contributed by atoms with E-state index in [1.165, 1.54) is 17.4 Å². The monoisotopic (exact) mass is 303 g/mol. The molecule has 0 radical (unpaired) electrons. The first kappa shape index (κ1) is 13.6. The van der Waals surface area contributed by atoms with E-state index < -0.39 is 10.0 Å². The molecule has 0 aliphatic rings. The van der Waals surface area contributed by atoms with Crippen LogP contribution in [-0.4, -0.2) is 25.8 Å². The number of aryl methyl sites for hydroxylation is 1. The summed E-state index contributed by atoms with van der Waals surface area (Å²) in [7, 11) is -2.22. The molecular weight excluding hydrogens is 290 g/mol. The molecule has 21 heavy (non-hydrogen) atoms. The van der Waals surface area contributed by atoms with Crippen molar-refractivity contribution in [3.8, 4) is 0 Å². The van der Waals surface area contributed by atoms with Gasteiger partial charge in [0.1, 0.15) is 10.4 Å². The van der Waals surface area contributed by atoms with Gasteiger partial charge in [0.2, 0.25) is 0 Å². The summed E-state index contributed by atoms with van der Waals surface area (Å²) in [6, 6.07) is 12.0. The van der Waals surface area contributed by atoms with Crippen LogP contribution in [0.5, 0.6) is 0 Å². The van der Waals surface area contributed by atoms with E-state index in [1.54, 1.807) is 24.3 Å². The summed E-state index contributed by atoms with van der Waals surface area (Å²) in [5, 5.41) is 7.36. The minimum atomic E-state index is -3.73. The number of hydrogen-bond donors (Lipinski definition) is 0. The van der Waals surface area contributed by atoms with Gasteiger partial charge in [-0.15, -0.1) is 0 Å². The van der Waals surface area contributed by atoms with Crippen molar-refractivity contribution in [3.05, 3.63) is 48.0 Å². The van der Waals surface area contributed by atoms with E-state index in [-0.39, 0.29) is 10.4 Å². The lowest BCUT2D eigenvalue weighted by molar-refractivity contribution is 0.315. The zero-order valence-electron chi connectivity index (χ0n) is 11.5. The molecule has 108 valence electrons. The van der Waals surface area contributed by atoms with Gasteiger partial charge in [0.05, 0.1) is 5.69 Å². The number of hydrogen-bond acceptors (Lipinski definition) is 5. The van der Waals surface area contributed by atoms with Crippen molar-refractivity contribution in [3.63, 3.8) is 0 Å². The Hall–Kier alpha value is -2.41. The van der Waals surface area contributed by atoms with Crippen molar-refractivity contribution in [2.45, 2.75) is 11.8 Å². The number of aromatic nitrogens is 2. The lowest BCUT2D eigenvalue weighted by Crippen LogP contribution is -2.26. The Bertz CT molecular complexity index is 902. The van der Waals surface area contributed by atoms with E-state index in [0.29, 0.717) is 11.2 Å². The van der Waals surface area contributed by atoms with E-state index in [1.807, 2.05) is 19.1 Å². The lowest BCUT2D eigenvalue weighted by Gasteiger charge is -2.19. The fraction of sp³-hybridized carbons (Fsp3) is 0.143. The second kappa shape index (κ2) is 4.85. The predicted octanol–water partition coefficient (Wildman–Crippen LogP) is 2.36. The van der Waals surface area contributed by atoms with Crippen LogP contribution < -0.4 is 4.31 Å². The third-order valence-electron chi connectivity index (χ3n) is 3.25. The van der Waals surface area contributed by atoms with Crippen LogP contribution in [0.3, 0.4) is 0 Å². The average molecular weight is 303 g/mol. The Labute approximate surface area is 122 Å². The van der Waals surface area contributed by atoms with Gasteiger partial charge in [-0.3, -0.25) is 4.31 Å². The number of sulfonamides is 1. The SMILES string of the molecule is Cc1cccc(N(C)S(=O)(=O)c2cccc3nonc23)c1. The van der Waals surface area contributed by atoms with Gasteiger partial charge in [0.15, 0.2) is 5.52 Å². The van der Waals surface area contributed by atoms with Gasteiger partial charge in [-0.05, 0) is 47.1 Å². The third-order valence-corrected chi connectivity index (χ3v) is 5.07. The van der Waals surface area contributed by atoms with Crippen molar-refractivity contribution in [1.29, 1.82) is 0 Å². The average Bonchev–Trinajstić information content (AvgIpc) is 2.94. The Balaban J connectivity index is 2.14. The van der Waals surface area contributed by atoms with Crippen LogP contribution in [-0.2, 0) is 10.0 Å². The standard InChI is InChI=1S/C14H13N3O3S/c1-10-5-3-6-11(9-10)17(2)21(18,19)13-8-4-7-12-14(13)16-20-15-12/h3-9H,1-2H3. The summed E-state index contributed by atoms with van der Waals surface area (Å²) in [6.45, 7) is 1.91. The lowest BCUT2D eigenvalue weighted by atomic mass is 10.2. The molecule has 0 saturated carbocycles. The molecule has 0 spiro atoms. The van der Waals surface area contributed by atoms with Gasteiger partial charge in [-0.1, -0.05) is 18.2 Å². The molecule has 1 aromatic heterocycles. The fourth-order valence-electron chi connectivity index (χ4n) is 2.10. The van der Waals surface area contributed by atoms with Crippen molar-refractivity contribution in [1.82, 2.24) is 10.3 Å². The van der Waals surface area contributed by atoms with Crippen LogP contribution in [0, 0.1) is 6.92 Å². The molecule has 3 aromatic rings. The number of rotatable bonds is 3. The van der Waals surface area contributed by atoms with Crippen molar-refractivity contribution >= 4 is 26.7 Å². The van der Waals surface area contributed by atoms with Crippen LogP contribution >= 0.6 is 0 Å². The van der Waals surface area contributed by atoms with Crippen molar-refractivity contribution in [2.24, 2.45) is 0 Å². The van der Waals surface area contributed by atoms with Gasteiger partial charge < -0.3 is 0 Å². The first-order valence-corrected chi connectivity index (χ1v) is 7.71. The highest BCUT2D eigenvalue weighted by atomic mass is 32.2. The first-order chi connectivity index (χ1) is 10.00. The van der Waals surface area contributed by atoms with Crippen molar-refractivity contribution < 1.29 is 13.0 Å². The van der Waals surface area contributed by atoms with Gasteiger partial charge in [0, 0.05) is 7.05 Å². The minimum absolute atomic E-state index is 0.0743. The molecule has 0 unspecified atom stereocenters. The highest BCUT2D eigenvalue weighted by Gasteiger charge is 2.25. The first-order valence-electron chi connectivity index (χ1n) is 6.27. The maximum Gasteiger partial charge on any atom is 0.266 e. The molecule has 0 fully saturated rings. The maximum atomic E-state index is 12.8. The van der Waals surface area contributed by atoms with Gasteiger partial charge in [0.25, 0.3) is 10.0 Å². The number of anilines is 1. The summed E-state index contributed by atoms with van der Waals surface area (Å²) >= 11 is 0. The largest absolute Gasteiger partial charge is 0.269 e. The Kier molecular flexibility index (Phi) is 3.13. The molecule has 0 amide bonds. The number of fused-ring (bicyclic) bond motifs is 1. The molecule has 0 saturated heterocycles.